The van der Waals surface area contributed by atoms with Gasteiger partial charge < -0.3 is 9.84 Å². The number of halogens is 3. The fourth-order valence-electron chi connectivity index (χ4n) is 1.93. The Kier molecular flexibility index (Phi) is 4.76. The van der Waals surface area contributed by atoms with Crippen molar-refractivity contribution < 1.29 is 27.8 Å². The summed E-state index contributed by atoms with van der Waals surface area (Å²) < 4.78 is 43.6. The molecule has 0 radical (unpaired) electrons. The van der Waals surface area contributed by atoms with Gasteiger partial charge in [0.25, 0.3) is 0 Å². The quantitative estimate of drug-likeness (QED) is 0.830. The van der Waals surface area contributed by atoms with Crippen molar-refractivity contribution in [3.05, 3.63) is 0 Å². The largest absolute Gasteiger partial charge is 0.481 e. The predicted octanol–water partition coefficient (Wildman–Crippen LogP) is 1.50. The van der Waals surface area contributed by atoms with Crippen molar-refractivity contribution in [1.82, 2.24) is 4.90 Å². The van der Waals surface area contributed by atoms with Gasteiger partial charge in [-0.15, -0.1) is 0 Å². The highest BCUT2D eigenvalue weighted by atomic mass is 19.4. The average molecular weight is 255 g/mol. The van der Waals surface area contributed by atoms with E-state index in [1.54, 1.807) is 6.92 Å². The third kappa shape index (κ3) is 4.51. The highest BCUT2D eigenvalue weighted by molar-refractivity contribution is 5.67. The summed E-state index contributed by atoms with van der Waals surface area (Å²) >= 11 is 0. The molecular weight excluding hydrogens is 239 g/mol. The van der Waals surface area contributed by atoms with Crippen LogP contribution >= 0.6 is 0 Å². The number of aliphatic carboxylic acids is 1. The zero-order valence-electron chi connectivity index (χ0n) is 9.54. The smallest absolute Gasteiger partial charge is 0.404 e. The molecule has 0 aromatic heterocycles. The molecule has 0 aromatic rings. The van der Waals surface area contributed by atoms with E-state index in [9.17, 15) is 18.0 Å². The van der Waals surface area contributed by atoms with Crippen LogP contribution in [-0.2, 0) is 9.53 Å². The summed E-state index contributed by atoms with van der Waals surface area (Å²) in [5.74, 6) is -1.44. The highest BCUT2D eigenvalue weighted by Crippen LogP contribution is 2.28. The van der Waals surface area contributed by atoms with Crippen molar-refractivity contribution in [2.24, 2.45) is 0 Å². The van der Waals surface area contributed by atoms with E-state index in [1.807, 2.05) is 0 Å². The van der Waals surface area contributed by atoms with E-state index < -0.39 is 24.6 Å². The third-order valence-corrected chi connectivity index (χ3v) is 2.67. The highest BCUT2D eigenvalue weighted by Gasteiger charge is 2.45. The van der Waals surface area contributed by atoms with Gasteiger partial charge in [-0.25, -0.2) is 0 Å². The van der Waals surface area contributed by atoms with Gasteiger partial charge in [-0.1, -0.05) is 0 Å². The predicted molar refractivity (Wildman–Crippen MR) is 53.7 cm³/mol. The Morgan fingerprint density at radius 1 is 1.59 bits per heavy atom. The molecule has 1 heterocycles. The van der Waals surface area contributed by atoms with Crippen LogP contribution in [0.5, 0.6) is 0 Å². The molecule has 0 bridgehead atoms. The van der Waals surface area contributed by atoms with Gasteiger partial charge >= 0.3 is 12.1 Å². The molecule has 1 rings (SSSR count). The van der Waals surface area contributed by atoms with Gasteiger partial charge in [-0.2, -0.15) is 13.2 Å². The number of hydrogen-bond acceptors (Lipinski definition) is 3. The molecule has 0 saturated carbocycles. The molecule has 2 unspecified atom stereocenters. The SMILES string of the molecule is CC1CN(C(CC(=O)O)C(F)(F)F)CCCO1. The molecule has 2 atom stereocenters. The molecule has 1 aliphatic heterocycles. The maximum Gasteiger partial charge on any atom is 0.404 e. The third-order valence-electron chi connectivity index (χ3n) is 2.67. The molecule has 1 fully saturated rings. The Balaban J connectivity index is 2.77. The maximum absolute atomic E-state index is 12.8. The first kappa shape index (κ1) is 14.2. The number of carbonyl (C=O) groups is 1. The lowest BCUT2D eigenvalue weighted by atomic mass is 10.1. The minimum absolute atomic E-state index is 0.109. The van der Waals surface area contributed by atoms with Crippen LogP contribution in [0.4, 0.5) is 13.2 Å². The number of carboxylic acid groups (broad SMARTS) is 1. The summed E-state index contributed by atoms with van der Waals surface area (Å²) in [4.78, 5) is 11.7. The molecule has 0 amide bonds. The van der Waals surface area contributed by atoms with Crippen LogP contribution in [0.25, 0.3) is 0 Å². The first-order valence-corrected chi connectivity index (χ1v) is 5.45. The molecule has 7 heteroatoms. The zero-order chi connectivity index (χ0) is 13.1. The van der Waals surface area contributed by atoms with Gasteiger partial charge in [0, 0.05) is 19.7 Å². The van der Waals surface area contributed by atoms with Crippen molar-refractivity contribution in [1.29, 1.82) is 0 Å². The van der Waals surface area contributed by atoms with Gasteiger partial charge in [-0.05, 0) is 13.3 Å². The molecule has 1 saturated heterocycles. The van der Waals surface area contributed by atoms with Gasteiger partial charge in [0.05, 0.1) is 12.5 Å². The zero-order valence-corrected chi connectivity index (χ0v) is 9.54. The molecule has 4 nitrogen and oxygen atoms in total. The van der Waals surface area contributed by atoms with Gasteiger partial charge in [-0.3, -0.25) is 9.69 Å². The fourth-order valence-corrected chi connectivity index (χ4v) is 1.93. The van der Waals surface area contributed by atoms with E-state index in [0.29, 0.717) is 13.0 Å². The van der Waals surface area contributed by atoms with Crippen molar-refractivity contribution in [2.45, 2.75) is 38.1 Å². The molecule has 100 valence electrons. The second kappa shape index (κ2) is 5.68. The molecule has 0 aromatic carbocycles. The Bertz CT molecular complexity index is 270. The van der Waals surface area contributed by atoms with Crippen LogP contribution < -0.4 is 0 Å². The topological polar surface area (TPSA) is 49.8 Å². The molecule has 1 N–H and O–H groups in total. The molecular formula is C10H16F3NO3. The van der Waals surface area contributed by atoms with Crippen LogP contribution in [0.15, 0.2) is 0 Å². The van der Waals surface area contributed by atoms with Crippen LogP contribution in [0.2, 0.25) is 0 Å². The number of rotatable bonds is 3. The van der Waals surface area contributed by atoms with E-state index in [4.69, 9.17) is 9.84 Å². The number of hydrogen-bond donors (Lipinski definition) is 1. The van der Waals surface area contributed by atoms with E-state index in [0.717, 1.165) is 4.90 Å². The fraction of sp³-hybridized carbons (Fsp3) is 0.900. The lowest BCUT2D eigenvalue weighted by Crippen LogP contribution is -2.49. The summed E-state index contributed by atoms with van der Waals surface area (Å²) in [6.07, 6.45) is -5.27. The van der Waals surface area contributed by atoms with Crippen molar-refractivity contribution in [2.75, 3.05) is 19.7 Å². The monoisotopic (exact) mass is 255 g/mol. The Labute approximate surface area is 97.3 Å². The maximum atomic E-state index is 12.8. The average Bonchev–Trinajstić information content (AvgIpc) is 2.37. The van der Waals surface area contributed by atoms with Crippen LogP contribution in [0.3, 0.4) is 0 Å². The summed E-state index contributed by atoms with van der Waals surface area (Å²) in [5, 5.41) is 8.56. The van der Waals surface area contributed by atoms with E-state index in [-0.39, 0.29) is 19.2 Å². The van der Waals surface area contributed by atoms with E-state index in [1.165, 1.54) is 0 Å². The van der Waals surface area contributed by atoms with Crippen molar-refractivity contribution in [3.63, 3.8) is 0 Å². The van der Waals surface area contributed by atoms with Crippen molar-refractivity contribution in [3.8, 4) is 0 Å². The lowest BCUT2D eigenvalue weighted by molar-refractivity contribution is -0.191. The molecule has 1 aliphatic rings. The van der Waals surface area contributed by atoms with E-state index in [2.05, 4.69) is 0 Å². The minimum atomic E-state index is -4.53. The summed E-state index contributed by atoms with van der Waals surface area (Å²) in [6, 6.07) is -1.93. The van der Waals surface area contributed by atoms with Gasteiger partial charge in [0.1, 0.15) is 6.04 Å². The van der Waals surface area contributed by atoms with E-state index >= 15 is 0 Å². The summed E-state index contributed by atoms with van der Waals surface area (Å²) in [6.45, 7) is 2.42. The lowest BCUT2D eigenvalue weighted by Gasteiger charge is -2.31. The first-order valence-electron chi connectivity index (χ1n) is 5.45. The number of ether oxygens (including phenoxy) is 1. The minimum Gasteiger partial charge on any atom is -0.481 e. The van der Waals surface area contributed by atoms with Crippen LogP contribution in [0, 0.1) is 0 Å². The normalized spacial score (nSPS) is 25.3. The standard InChI is InChI=1S/C10H16F3NO3/c1-7-6-14(3-2-4-17-7)8(5-9(15)16)10(11,12)13/h7-8H,2-6H2,1H3,(H,15,16). The second-order valence-electron chi connectivity index (χ2n) is 4.19. The Morgan fingerprint density at radius 3 is 2.76 bits per heavy atom. The Hall–Kier alpha value is -0.820. The van der Waals surface area contributed by atoms with Crippen molar-refractivity contribution >= 4 is 5.97 Å². The number of carboxylic acids is 1. The van der Waals surface area contributed by atoms with Crippen LogP contribution in [0.1, 0.15) is 19.8 Å². The van der Waals surface area contributed by atoms with Gasteiger partial charge in [0.15, 0.2) is 0 Å². The van der Waals surface area contributed by atoms with Crippen LogP contribution in [-0.4, -0.2) is 54.0 Å². The summed E-state index contributed by atoms with van der Waals surface area (Å²) in [5.41, 5.74) is 0. The second-order valence-corrected chi connectivity index (χ2v) is 4.19. The molecule has 0 aliphatic carbocycles. The number of nitrogens with zero attached hydrogens (tertiary/aromatic N) is 1. The number of alkyl halides is 3. The summed E-state index contributed by atoms with van der Waals surface area (Å²) in [7, 11) is 0. The Morgan fingerprint density at radius 2 is 2.24 bits per heavy atom. The van der Waals surface area contributed by atoms with Gasteiger partial charge in [0.2, 0.25) is 0 Å². The molecule has 0 spiro atoms. The molecule has 17 heavy (non-hydrogen) atoms. The first-order chi connectivity index (χ1) is 7.80.